The summed E-state index contributed by atoms with van der Waals surface area (Å²) in [5.41, 5.74) is 0. The van der Waals surface area contributed by atoms with Crippen LogP contribution in [0.4, 0.5) is 13.2 Å². The molecular formula is C4H9F3OSi. The van der Waals surface area contributed by atoms with E-state index in [1.807, 2.05) is 0 Å². The molecule has 0 spiro atoms. The average molecular weight is 158 g/mol. The molecule has 0 aromatic carbocycles. The zero-order chi connectivity index (χ0) is 7.28. The summed E-state index contributed by atoms with van der Waals surface area (Å²) in [7, 11) is 0.384. The Labute approximate surface area is 54.1 Å². The molecule has 0 aromatic heterocycles. The van der Waals surface area contributed by atoms with Crippen LogP contribution in [-0.2, 0) is 4.43 Å². The predicted octanol–water partition coefficient (Wildman–Crippen LogP) is 0.738. The van der Waals surface area contributed by atoms with Crippen molar-refractivity contribution >= 4 is 9.76 Å². The summed E-state index contributed by atoms with van der Waals surface area (Å²) in [5.74, 6) is 0. The SMILES string of the molecule is CO[SiH2]CC(F)C(F)F. The first-order valence-corrected chi connectivity index (χ1v) is 4.17. The fourth-order valence-electron chi connectivity index (χ4n) is 0.356. The van der Waals surface area contributed by atoms with Crippen LogP contribution in [0.3, 0.4) is 0 Å². The van der Waals surface area contributed by atoms with E-state index in [0.717, 1.165) is 0 Å². The van der Waals surface area contributed by atoms with E-state index in [1.54, 1.807) is 0 Å². The molecule has 0 aromatic rings. The fraction of sp³-hybridized carbons (Fsp3) is 1.00. The molecule has 1 unspecified atom stereocenters. The smallest absolute Gasteiger partial charge is 0.269 e. The average Bonchev–Trinajstić information content (AvgIpc) is 1.82. The maximum absolute atomic E-state index is 11.9. The van der Waals surface area contributed by atoms with E-state index in [9.17, 15) is 13.2 Å². The van der Waals surface area contributed by atoms with E-state index in [2.05, 4.69) is 4.43 Å². The molecule has 56 valence electrons. The van der Waals surface area contributed by atoms with Crippen LogP contribution in [0.15, 0.2) is 0 Å². The van der Waals surface area contributed by atoms with Crippen molar-refractivity contribution in [3.05, 3.63) is 0 Å². The second-order valence-corrected chi connectivity index (χ2v) is 3.19. The van der Waals surface area contributed by atoms with Crippen molar-refractivity contribution in [3.63, 3.8) is 0 Å². The number of halogens is 3. The highest BCUT2D eigenvalue weighted by Crippen LogP contribution is 2.08. The van der Waals surface area contributed by atoms with Crippen molar-refractivity contribution in [2.24, 2.45) is 0 Å². The maximum Gasteiger partial charge on any atom is 0.269 e. The molecule has 5 heteroatoms. The Morgan fingerprint density at radius 2 is 2.00 bits per heavy atom. The van der Waals surface area contributed by atoms with Gasteiger partial charge in [-0.05, 0) is 6.04 Å². The van der Waals surface area contributed by atoms with Crippen LogP contribution in [-0.4, -0.2) is 29.5 Å². The van der Waals surface area contributed by atoms with Gasteiger partial charge in [-0.2, -0.15) is 0 Å². The summed E-state index contributed by atoms with van der Waals surface area (Å²) in [6, 6.07) is -0.0891. The third-order valence-electron chi connectivity index (χ3n) is 0.871. The predicted molar refractivity (Wildman–Crippen MR) is 31.3 cm³/mol. The monoisotopic (exact) mass is 158 g/mol. The standard InChI is InChI=1S/C4H9F3OSi/c1-8-9-2-3(5)4(6)7/h3-4H,2,9H2,1H3. The molecule has 0 fully saturated rings. The van der Waals surface area contributed by atoms with E-state index in [0.29, 0.717) is 0 Å². The van der Waals surface area contributed by atoms with Gasteiger partial charge in [0.25, 0.3) is 6.43 Å². The minimum Gasteiger partial charge on any atom is -0.427 e. The van der Waals surface area contributed by atoms with Gasteiger partial charge in [0.05, 0.1) is 0 Å². The highest BCUT2D eigenvalue weighted by Gasteiger charge is 2.18. The quantitative estimate of drug-likeness (QED) is 0.548. The summed E-state index contributed by atoms with van der Waals surface area (Å²) >= 11 is 0. The fourth-order valence-corrected chi connectivity index (χ4v) is 1.07. The molecular weight excluding hydrogens is 149 g/mol. The molecule has 0 aliphatic heterocycles. The Morgan fingerprint density at radius 1 is 1.44 bits per heavy atom. The lowest BCUT2D eigenvalue weighted by Crippen LogP contribution is -2.14. The lowest BCUT2D eigenvalue weighted by Gasteiger charge is -2.03. The third kappa shape index (κ3) is 4.47. The molecule has 0 aliphatic carbocycles. The molecule has 9 heavy (non-hydrogen) atoms. The van der Waals surface area contributed by atoms with E-state index >= 15 is 0 Å². The lowest BCUT2D eigenvalue weighted by molar-refractivity contribution is 0.0590. The van der Waals surface area contributed by atoms with Gasteiger partial charge in [-0.25, -0.2) is 13.2 Å². The zero-order valence-electron chi connectivity index (χ0n) is 5.11. The van der Waals surface area contributed by atoms with Crippen LogP contribution in [0.25, 0.3) is 0 Å². The van der Waals surface area contributed by atoms with Gasteiger partial charge >= 0.3 is 0 Å². The minimum absolute atomic E-state index is 0.0891. The van der Waals surface area contributed by atoms with Crippen LogP contribution in [0.1, 0.15) is 0 Å². The Morgan fingerprint density at radius 3 is 2.33 bits per heavy atom. The summed E-state index contributed by atoms with van der Waals surface area (Å²) in [6.45, 7) is 0. The second kappa shape index (κ2) is 4.81. The zero-order valence-corrected chi connectivity index (χ0v) is 6.53. The Bertz CT molecular complexity index is 70.8. The van der Waals surface area contributed by atoms with Gasteiger partial charge in [-0.1, -0.05) is 0 Å². The largest absolute Gasteiger partial charge is 0.427 e. The molecule has 0 bridgehead atoms. The molecule has 0 amide bonds. The van der Waals surface area contributed by atoms with Crippen molar-refractivity contribution in [2.75, 3.05) is 7.11 Å². The second-order valence-electron chi connectivity index (χ2n) is 1.63. The number of alkyl halides is 3. The van der Waals surface area contributed by atoms with E-state index in [1.165, 1.54) is 7.11 Å². The van der Waals surface area contributed by atoms with Crippen LogP contribution in [0.5, 0.6) is 0 Å². The topological polar surface area (TPSA) is 9.23 Å². The van der Waals surface area contributed by atoms with Gasteiger partial charge in [0.1, 0.15) is 0 Å². The molecule has 0 N–H and O–H groups in total. The van der Waals surface area contributed by atoms with Gasteiger partial charge in [0, 0.05) is 7.11 Å². The van der Waals surface area contributed by atoms with Gasteiger partial charge in [-0.3, -0.25) is 0 Å². The molecule has 0 aliphatic rings. The molecule has 0 rings (SSSR count). The molecule has 1 nitrogen and oxygen atoms in total. The van der Waals surface area contributed by atoms with E-state index in [4.69, 9.17) is 0 Å². The maximum atomic E-state index is 11.9. The summed E-state index contributed by atoms with van der Waals surface area (Å²) < 4.78 is 39.1. The summed E-state index contributed by atoms with van der Waals surface area (Å²) in [6.07, 6.45) is -4.82. The van der Waals surface area contributed by atoms with Crippen molar-refractivity contribution < 1.29 is 17.6 Å². The van der Waals surface area contributed by atoms with Crippen molar-refractivity contribution in [3.8, 4) is 0 Å². The Kier molecular flexibility index (Phi) is 4.79. The van der Waals surface area contributed by atoms with E-state index < -0.39 is 22.4 Å². The van der Waals surface area contributed by atoms with Crippen LogP contribution < -0.4 is 0 Å². The van der Waals surface area contributed by atoms with Gasteiger partial charge in [-0.15, -0.1) is 0 Å². The number of hydrogen-bond donors (Lipinski definition) is 0. The highest BCUT2D eigenvalue weighted by molar-refractivity contribution is 6.27. The van der Waals surface area contributed by atoms with Gasteiger partial charge in [0.2, 0.25) is 0 Å². The molecule has 0 radical (unpaired) electrons. The van der Waals surface area contributed by atoms with Gasteiger partial charge in [0.15, 0.2) is 15.9 Å². The number of rotatable bonds is 4. The van der Waals surface area contributed by atoms with Gasteiger partial charge < -0.3 is 4.43 Å². The minimum atomic E-state index is -2.84. The normalized spacial score (nSPS) is 15.7. The van der Waals surface area contributed by atoms with Crippen LogP contribution >= 0.6 is 0 Å². The first kappa shape index (κ1) is 8.97. The number of hydrogen-bond acceptors (Lipinski definition) is 1. The third-order valence-corrected chi connectivity index (χ3v) is 2.07. The molecule has 0 saturated carbocycles. The Hall–Kier alpha value is -0.0331. The van der Waals surface area contributed by atoms with Crippen molar-refractivity contribution in [1.29, 1.82) is 0 Å². The highest BCUT2D eigenvalue weighted by atomic mass is 28.2. The van der Waals surface area contributed by atoms with Crippen molar-refractivity contribution in [1.82, 2.24) is 0 Å². The van der Waals surface area contributed by atoms with E-state index in [-0.39, 0.29) is 6.04 Å². The first-order chi connectivity index (χ1) is 4.18. The molecule has 1 atom stereocenters. The molecule has 0 saturated heterocycles. The lowest BCUT2D eigenvalue weighted by atomic mass is 10.5. The van der Waals surface area contributed by atoms with Crippen LogP contribution in [0.2, 0.25) is 6.04 Å². The molecule has 0 heterocycles. The van der Waals surface area contributed by atoms with Crippen molar-refractivity contribution in [2.45, 2.75) is 18.6 Å². The Balaban J connectivity index is 3.16. The summed E-state index contributed by atoms with van der Waals surface area (Å²) in [5, 5.41) is 0. The first-order valence-electron chi connectivity index (χ1n) is 2.59. The summed E-state index contributed by atoms with van der Waals surface area (Å²) in [4.78, 5) is 0. The van der Waals surface area contributed by atoms with Crippen LogP contribution in [0, 0.1) is 0 Å².